The number of ketones is 1. The second kappa shape index (κ2) is 20.5. The first kappa shape index (κ1) is 26.8. The molecule has 0 saturated heterocycles. The Morgan fingerprint density at radius 2 is 1.50 bits per heavy atom. The number of hydrogen-bond donors (Lipinski definition) is 1. The van der Waals surface area contributed by atoms with Crippen LogP contribution in [0.4, 0.5) is 0 Å². The molecule has 164 valence electrons. The summed E-state index contributed by atoms with van der Waals surface area (Å²) in [6, 6.07) is 0. The van der Waals surface area contributed by atoms with Crippen LogP contribution in [0.2, 0.25) is 0 Å². The van der Waals surface area contributed by atoms with Crippen LogP contribution in [-0.4, -0.2) is 43.3 Å². The molecule has 5 nitrogen and oxygen atoms in total. The number of ether oxygens (including phenoxy) is 2. The molecule has 0 aliphatic heterocycles. The zero-order valence-corrected chi connectivity index (χ0v) is 18.1. The Balaban J connectivity index is 3.34. The number of aliphatic hydroxyl groups excluding tert-OH is 1. The van der Waals surface area contributed by atoms with Crippen molar-refractivity contribution in [1.29, 1.82) is 0 Å². The average Bonchev–Trinajstić information content (AvgIpc) is 2.66. The number of Topliss-reactive ketones (excluding diaryl/α,β-unsaturated/α-hetero) is 1. The molecular weight excluding hydrogens is 356 g/mol. The zero-order chi connectivity index (χ0) is 20.9. The molecule has 0 rings (SSSR count). The predicted molar refractivity (Wildman–Crippen MR) is 113 cm³/mol. The summed E-state index contributed by atoms with van der Waals surface area (Å²) in [5.74, 6) is 0.137. The molecule has 0 aromatic heterocycles. The SMILES string of the molecule is COCCOC(=O)CCCCCCC/C=C\C[C@H](O)CCCCCCC(C)=O. The molecule has 0 amide bonds. The number of unbranched alkanes of at least 4 members (excludes halogenated alkanes) is 8. The molecule has 0 aromatic carbocycles. The lowest BCUT2D eigenvalue weighted by atomic mass is 10.0. The second-order valence-corrected chi connectivity index (χ2v) is 7.54. The Morgan fingerprint density at radius 3 is 2.21 bits per heavy atom. The summed E-state index contributed by atoms with van der Waals surface area (Å²) in [4.78, 5) is 22.2. The smallest absolute Gasteiger partial charge is 0.305 e. The van der Waals surface area contributed by atoms with Crippen LogP contribution in [0.1, 0.15) is 96.8 Å². The molecule has 5 heteroatoms. The van der Waals surface area contributed by atoms with E-state index in [4.69, 9.17) is 9.47 Å². The molecule has 0 aliphatic carbocycles. The Kier molecular flexibility index (Phi) is 19.7. The van der Waals surface area contributed by atoms with Crippen LogP contribution in [-0.2, 0) is 19.1 Å². The standard InChI is InChI=1S/C23H42O5/c1-21(24)15-11-9-10-13-17-22(25)16-12-7-5-3-4-6-8-14-18-23(26)28-20-19-27-2/h7,12,22,25H,3-6,8-11,13-20H2,1-2H3/b12-7-/t22-/m0/s1. The van der Waals surface area contributed by atoms with Crippen molar-refractivity contribution in [1.82, 2.24) is 0 Å². The number of rotatable bonds is 20. The zero-order valence-electron chi connectivity index (χ0n) is 18.1. The van der Waals surface area contributed by atoms with E-state index in [0.717, 1.165) is 70.6 Å². The summed E-state index contributed by atoms with van der Waals surface area (Å²) < 4.78 is 9.85. The maximum atomic E-state index is 11.4. The van der Waals surface area contributed by atoms with Crippen molar-refractivity contribution in [2.45, 2.75) is 103 Å². The van der Waals surface area contributed by atoms with Gasteiger partial charge in [0.25, 0.3) is 0 Å². The van der Waals surface area contributed by atoms with Gasteiger partial charge in [0, 0.05) is 20.0 Å². The first-order valence-corrected chi connectivity index (χ1v) is 11.0. The fourth-order valence-electron chi connectivity index (χ4n) is 2.97. The molecule has 1 N–H and O–H groups in total. The highest BCUT2D eigenvalue weighted by atomic mass is 16.6. The molecule has 0 saturated carbocycles. The molecular formula is C23H42O5. The Labute approximate surface area is 171 Å². The highest BCUT2D eigenvalue weighted by Crippen LogP contribution is 2.11. The normalized spacial score (nSPS) is 12.4. The summed E-state index contributed by atoms with van der Waals surface area (Å²) in [5.41, 5.74) is 0. The van der Waals surface area contributed by atoms with E-state index in [2.05, 4.69) is 12.2 Å². The molecule has 0 radical (unpaired) electrons. The molecule has 0 bridgehead atoms. The number of allylic oxidation sites excluding steroid dienone is 1. The maximum absolute atomic E-state index is 11.4. The molecule has 0 spiro atoms. The van der Waals surface area contributed by atoms with Gasteiger partial charge in [-0.25, -0.2) is 0 Å². The minimum Gasteiger partial charge on any atom is -0.463 e. The van der Waals surface area contributed by atoms with E-state index >= 15 is 0 Å². The molecule has 1 atom stereocenters. The molecule has 0 aromatic rings. The van der Waals surface area contributed by atoms with Gasteiger partial charge in [0.05, 0.1) is 12.7 Å². The fraction of sp³-hybridized carbons (Fsp3) is 0.826. The van der Waals surface area contributed by atoms with Gasteiger partial charge in [-0.05, 0) is 45.4 Å². The van der Waals surface area contributed by atoms with E-state index in [0.29, 0.717) is 26.1 Å². The largest absolute Gasteiger partial charge is 0.463 e. The highest BCUT2D eigenvalue weighted by Gasteiger charge is 2.03. The van der Waals surface area contributed by atoms with E-state index in [1.54, 1.807) is 14.0 Å². The number of esters is 1. The van der Waals surface area contributed by atoms with Crippen LogP contribution in [0.15, 0.2) is 12.2 Å². The molecule has 0 aliphatic rings. The topological polar surface area (TPSA) is 72.8 Å². The summed E-state index contributed by atoms with van der Waals surface area (Å²) in [6.45, 7) is 2.44. The van der Waals surface area contributed by atoms with Crippen molar-refractivity contribution >= 4 is 11.8 Å². The number of carbonyl (C=O) groups excluding carboxylic acids is 2. The summed E-state index contributed by atoms with van der Waals surface area (Å²) >= 11 is 0. The van der Waals surface area contributed by atoms with Gasteiger partial charge >= 0.3 is 5.97 Å². The number of hydrogen-bond acceptors (Lipinski definition) is 5. The summed E-state index contributed by atoms with van der Waals surface area (Å²) in [5, 5.41) is 9.96. The van der Waals surface area contributed by atoms with E-state index in [9.17, 15) is 14.7 Å². The summed E-state index contributed by atoms with van der Waals surface area (Å²) in [6.07, 6.45) is 17.5. The summed E-state index contributed by atoms with van der Waals surface area (Å²) in [7, 11) is 1.59. The molecule has 28 heavy (non-hydrogen) atoms. The van der Waals surface area contributed by atoms with Gasteiger partial charge < -0.3 is 19.4 Å². The maximum Gasteiger partial charge on any atom is 0.305 e. The van der Waals surface area contributed by atoms with Crippen molar-refractivity contribution in [2.24, 2.45) is 0 Å². The van der Waals surface area contributed by atoms with Gasteiger partial charge in [-0.1, -0.05) is 50.7 Å². The first-order chi connectivity index (χ1) is 13.6. The van der Waals surface area contributed by atoms with Gasteiger partial charge in [0.2, 0.25) is 0 Å². The van der Waals surface area contributed by atoms with Crippen LogP contribution in [0.25, 0.3) is 0 Å². The van der Waals surface area contributed by atoms with E-state index < -0.39 is 0 Å². The minimum atomic E-state index is -0.243. The third kappa shape index (κ3) is 21.1. The van der Waals surface area contributed by atoms with Gasteiger partial charge in [0.15, 0.2) is 0 Å². The van der Waals surface area contributed by atoms with Gasteiger partial charge in [-0.15, -0.1) is 0 Å². The number of carbonyl (C=O) groups is 2. The van der Waals surface area contributed by atoms with Crippen LogP contribution >= 0.6 is 0 Å². The first-order valence-electron chi connectivity index (χ1n) is 11.0. The highest BCUT2D eigenvalue weighted by molar-refractivity contribution is 5.75. The Bertz CT molecular complexity index is 406. The quantitative estimate of drug-likeness (QED) is 0.175. The van der Waals surface area contributed by atoms with E-state index in [-0.39, 0.29) is 17.9 Å². The second-order valence-electron chi connectivity index (χ2n) is 7.54. The third-order valence-corrected chi connectivity index (χ3v) is 4.69. The van der Waals surface area contributed by atoms with E-state index in [1.165, 1.54) is 6.42 Å². The fourth-order valence-corrected chi connectivity index (χ4v) is 2.97. The van der Waals surface area contributed by atoms with Gasteiger partial charge in [0.1, 0.15) is 12.4 Å². The lowest BCUT2D eigenvalue weighted by Crippen LogP contribution is -2.09. The van der Waals surface area contributed by atoms with Crippen LogP contribution < -0.4 is 0 Å². The van der Waals surface area contributed by atoms with Crippen LogP contribution in [0, 0.1) is 0 Å². The third-order valence-electron chi connectivity index (χ3n) is 4.69. The van der Waals surface area contributed by atoms with Crippen molar-refractivity contribution in [3.05, 3.63) is 12.2 Å². The molecule has 0 fully saturated rings. The van der Waals surface area contributed by atoms with Crippen molar-refractivity contribution in [3.63, 3.8) is 0 Å². The van der Waals surface area contributed by atoms with Gasteiger partial charge in [-0.3, -0.25) is 4.79 Å². The minimum absolute atomic E-state index is 0.130. The van der Waals surface area contributed by atoms with Crippen molar-refractivity contribution in [3.8, 4) is 0 Å². The van der Waals surface area contributed by atoms with Crippen LogP contribution in [0.5, 0.6) is 0 Å². The monoisotopic (exact) mass is 398 g/mol. The number of aliphatic hydroxyl groups is 1. The predicted octanol–water partition coefficient (Wildman–Crippen LogP) is 5.14. The van der Waals surface area contributed by atoms with Crippen molar-refractivity contribution < 1.29 is 24.2 Å². The van der Waals surface area contributed by atoms with E-state index in [1.807, 2.05) is 0 Å². The average molecular weight is 399 g/mol. The molecule has 0 unspecified atom stereocenters. The van der Waals surface area contributed by atoms with Gasteiger partial charge in [-0.2, -0.15) is 0 Å². The Hall–Kier alpha value is -1.20. The lowest BCUT2D eigenvalue weighted by Gasteiger charge is -2.07. The Morgan fingerprint density at radius 1 is 0.857 bits per heavy atom. The van der Waals surface area contributed by atoms with Crippen LogP contribution in [0.3, 0.4) is 0 Å². The molecule has 0 heterocycles. The lowest BCUT2D eigenvalue weighted by molar-refractivity contribution is -0.145. The van der Waals surface area contributed by atoms with Crippen molar-refractivity contribution in [2.75, 3.05) is 20.3 Å². The number of methoxy groups -OCH3 is 1.